The maximum Gasteiger partial charge on any atom is 0.146 e. The molecule has 0 aromatic carbocycles. The molecule has 1 rings (SSSR count). The number of aliphatic hydroxyl groups excluding tert-OH is 1. The number of rotatable bonds is 5. The molecule has 0 saturated heterocycles. The van der Waals surface area contributed by atoms with Crippen molar-refractivity contribution in [2.45, 2.75) is 19.4 Å². The lowest BCUT2D eigenvalue weighted by Gasteiger charge is -2.07. The van der Waals surface area contributed by atoms with Crippen LogP contribution in [0.1, 0.15) is 25.2 Å². The number of hydrogen-bond acceptors (Lipinski definition) is 3. The fourth-order valence-electron chi connectivity index (χ4n) is 1.01. The maximum atomic E-state index is 9.61. The maximum absolute atomic E-state index is 9.61. The van der Waals surface area contributed by atoms with Gasteiger partial charge in [0.15, 0.2) is 0 Å². The van der Waals surface area contributed by atoms with Crippen molar-refractivity contribution in [1.29, 1.82) is 0 Å². The summed E-state index contributed by atoms with van der Waals surface area (Å²) in [6.45, 7) is 3.14. The second kappa shape index (κ2) is 5.42. The minimum atomic E-state index is -0.587. The zero-order chi connectivity index (χ0) is 9.68. The van der Waals surface area contributed by atoms with Gasteiger partial charge in [-0.15, -0.1) is 0 Å². The molecule has 0 bridgehead atoms. The predicted octanol–water partition coefficient (Wildman–Crippen LogP) is 2.50. The van der Waals surface area contributed by atoms with E-state index in [2.05, 4.69) is 15.9 Å². The van der Waals surface area contributed by atoms with E-state index in [4.69, 9.17) is 9.15 Å². The van der Waals surface area contributed by atoms with Crippen LogP contribution in [0.15, 0.2) is 21.2 Å². The average molecular weight is 249 g/mol. The first kappa shape index (κ1) is 10.8. The van der Waals surface area contributed by atoms with E-state index in [1.165, 1.54) is 0 Å². The van der Waals surface area contributed by atoms with Crippen molar-refractivity contribution in [2.24, 2.45) is 0 Å². The molecule has 0 saturated carbocycles. The zero-order valence-electron chi connectivity index (χ0n) is 7.50. The van der Waals surface area contributed by atoms with Gasteiger partial charge < -0.3 is 14.3 Å². The standard InChI is InChI=1S/C9H13BrO3/c1-2-12-5-4-8(11)9-7(10)3-6-13-9/h3,6,8,11H,2,4-5H2,1H3. The largest absolute Gasteiger partial charge is 0.465 e. The fourth-order valence-corrected chi connectivity index (χ4v) is 1.48. The Morgan fingerprint density at radius 3 is 3.00 bits per heavy atom. The van der Waals surface area contributed by atoms with Crippen LogP contribution >= 0.6 is 15.9 Å². The third-order valence-corrected chi connectivity index (χ3v) is 2.34. The van der Waals surface area contributed by atoms with Crippen LogP contribution in [-0.4, -0.2) is 18.3 Å². The van der Waals surface area contributed by atoms with Crippen LogP contribution in [0.2, 0.25) is 0 Å². The minimum absolute atomic E-state index is 0.546. The van der Waals surface area contributed by atoms with E-state index in [9.17, 15) is 5.11 Å². The Kier molecular flexibility index (Phi) is 4.48. The summed E-state index contributed by atoms with van der Waals surface area (Å²) in [6, 6.07) is 1.76. The Labute approximate surface area is 85.8 Å². The van der Waals surface area contributed by atoms with Gasteiger partial charge in [0.25, 0.3) is 0 Å². The molecule has 1 N–H and O–H groups in total. The SMILES string of the molecule is CCOCCC(O)c1occc1Br. The van der Waals surface area contributed by atoms with E-state index >= 15 is 0 Å². The third-order valence-electron chi connectivity index (χ3n) is 1.69. The number of ether oxygens (including phenoxy) is 1. The Morgan fingerprint density at radius 2 is 2.46 bits per heavy atom. The van der Waals surface area contributed by atoms with Crippen LogP contribution in [0, 0.1) is 0 Å². The first-order chi connectivity index (χ1) is 6.25. The molecule has 0 fully saturated rings. The van der Waals surface area contributed by atoms with E-state index in [0.29, 0.717) is 25.4 Å². The van der Waals surface area contributed by atoms with Crippen molar-refractivity contribution in [3.63, 3.8) is 0 Å². The van der Waals surface area contributed by atoms with Crippen molar-refractivity contribution in [3.8, 4) is 0 Å². The topological polar surface area (TPSA) is 42.6 Å². The molecule has 0 radical (unpaired) electrons. The van der Waals surface area contributed by atoms with Crippen molar-refractivity contribution in [1.82, 2.24) is 0 Å². The highest BCUT2D eigenvalue weighted by atomic mass is 79.9. The van der Waals surface area contributed by atoms with Gasteiger partial charge in [0.2, 0.25) is 0 Å². The molecule has 0 aliphatic rings. The Morgan fingerprint density at radius 1 is 1.69 bits per heavy atom. The van der Waals surface area contributed by atoms with E-state index in [1.807, 2.05) is 6.92 Å². The van der Waals surface area contributed by atoms with Gasteiger partial charge in [-0.05, 0) is 28.9 Å². The van der Waals surface area contributed by atoms with E-state index in [-0.39, 0.29) is 0 Å². The molecule has 4 heteroatoms. The summed E-state index contributed by atoms with van der Waals surface area (Å²) in [4.78, 5) is 0. The first-order valence-corrected chi connectivity index (χ1v) is 5.03. The lowest BCUT2D eigenvalue weighted by molar-refractivity contribution is 0.0767. The van der Waals surface area contributed by atoms with Gasteiger partial charge in [0.1, 0.15) is 11.9 Å². The summed E-state index contributed by atoms with van der Waals surface area (Å²) >= 11 is 3.28. The quantitative estimate of drug-likeness (QED) is 0.815. The van der Waals surface area contributed by atoms with Gasteiger partial charge in [-0.25, -0.2) is 0 Å². The van der Waals surface area contributed by atoms with Crippen LogP contribution in [0.25, 0.3) is 0 Å². The van der Waals surface area contributed by atoms with Gasteiger partial charge in [-0.2, -0.15) is 0 Å². The molecular formula is C9H13BrO3. The third kappa shape index (κ3) is 3.14. The van der Waals surface area contributed by atoms with Crippen molar-refractivity contribution >= 4 is 15.9 Å². The molecule has 1 heterocycles. The number of furan rings is 1. The second-order valence-electron chi connectivity index (χ2n) is 2.63. The molecular weight excluding hydrogens is 236 g/mol. The molecule has 0 amide bonds. The van der Waals surface area contributed by atoms with Crippen molar-refractivity contribution in [3.05, 3.63) is 22.6 Å². The Bertz CT molecular complexity index is 247. The minimum Gasteiger partial charge on any atom is -0.465 e. The summed E-state index contributed by atoms with van der Waals surface area (Å²) in [6.07, 6.45) is 1.51. The molecule has 1 unspecified atom stereocenters. The number of halogens is 1. The van der Waals surface area contributed by atoms with Crippen molar-refractivity contribution in [2.75, 3.05) is 13.2 Å². The van der Waals surface area contributed by atoms with Crippen LogP contribution < -0.4 is 0 Å². The Balaban J connectivity index is 2.39. The van der Waals surface area contributed by atoms with Gasteiger partial charge in [0, 0.05) is 19.6 Å². The summed E-state index contributed by atoms with van der Waals surface area (Å²) in [5, 5.41) is 9.61. The fraction of sp³-hybridized carbons (Fsp3) is 0.556. The molecule has 0 spiro atoms. The molecule has 1 aromatic heterocycles. The van der Waals surface area contributed by atoms with Gasteiger partial charge in [0.05, 0.1) is 10.7 Å². The highest BCUT2D eigenvalue weighted by Gasteiger charge is 2.14. The average Bonchev–Trinajstić information content (AvgIpc) is 2.52. The predicted molar refractivity (Wildman–Crippen MR) is 52.5 cm³/mol. The summed E-state index contributed by atoms with van der Waals surface area (Å²) < 4.78 is 11.0. The molecule has 3 nitrogen and oxygen atoms in total. The van der Waals surface area contributed by atoms with Crippen LogP contribution in [0.5, 0.6) is 0 Å². The zero-order valence-corrected chi connectivity index (χ0v) is 9.08. The van der Waals surface area contributed by atoms with Crippen molar-refractivity contribution < 1.29 is 14.3 Å². The molecule has 0 aliphatic carbocycles. The van der Waals surface area contributed by atoms with E-state index < -0.39 is 6.10 Å². The van der Waals surface area contributed by atoms with Crippen LogP contribution in [0.4, 0.5) is 0 Å². The summed E-state index contributed by atoms with van der Waals surface area (Å²) in [5.74, 6) is 0.569. The summed E-state index contributed by atoms with van der Waals surface area (Å²) in [5.41, 5.74) is 0. The highest BCUT2D eigenvalue weighted by molar-refractivity contribution is 9.10. The molecule has 13 heavy (non-hydrogen) atoms. The smallest absolute Gasteiger partial charge is 0.146 e. The Hall–Kier alpha value is -0.320. The van der Waals surface area contributed by atoms with E-state index in [1.54, 1.807) is 12.3 Å². The van der Waals surface area contributed by atoms with Gasteiger partial charge in [-0.1, -0.05) is 0 Å². The molecule has 1 atom stereocenters. The monoisotopic (exact) mass is 248 g/mol. The van der Waals surface area contributed by atoms with Gasteiger partial charge >= 0.3 is 0 Å². The molecule has 74 valence electrons. The summed E-state index contributed by atoms with van der Waals surface area (Å²) in [7, 11) is 0. The van der Waals surface area contributed by atoms with Gasteiger partial charge in [-0.3, -0.25) is 0 Å². The lowest BCUT2D eigenvalue weighted by Crippen LogP contribution is -2.02. The number of hydrogen-bond donors (Lipinski definition) is 1. The molecule has 1 aromatic rings. The normalized spacial score (nSPS) is 13.2. The number of aliphatic hydroxyl groups is 1. The highest BCUT2D eigenvalue weighted by Crippen LogP contribution is 2.26. The van der Waals surface area contributed by atoms with E-state index in [0.717, 1.165) is 4.47 Å². The lowest BCUT2D eigenvalue weighted by atomic mass is 10.2. The van der Waals surface area contributed by atoms with Crippen LogP contribution in [-0.2, 0) is 4.74 Å². The van der Waals surface area contributed by atoms with Crippen LogP contribution in [0.3, 0.4) is 0 Å². The first-order valence-electron chi connectivity index (χ1n) is 4.24. The molecule has 0 aliphatic heterocycles. The second-order valence-corrected chi connectivity index (χ2v) is 3.49.